The lowest BCUT2D eigenvalue weighted by molar-refractivity contribution is 0.562. The lowest BCUT2D eigenvalue weighted by Crippen LogP contribution is -1.94. The first-order chi connectivity index (χ1) is 7.65. The topological polar surface area (TPSA) is 0 Å². The summed E-state index contributed by atoms with van der Waals surface area (Å²) in [6, 6.07) is 3.93. The maximum atomic E-state index is 13.3. The van der Waals surface area contributed by atoms with Gasteiger partial charge in [-0.2, -0.15) is 0 Å². The molecule has 1 aromatic rings. The Morgan fingerprint density at radius 3 is 2.50 bits per heavy atom. The highest BCUT2D eigenvalue weighted by molar-refractivity contribution is 6.17. The van der Waals surface area contributed by atoms with Crippen LogP contribution in [0.25, 0.3) is 0 Å². The van der Waals surface area contributed by atoms with Crippen LogP contribution in [0.4, 0.5) is 8.78 Å². The monoisotopic (exact) mass is 244 g/mol. The summed E-state index contributed by atoms with van der Waals surface area (Å²) in [4.78, 5) is 0. The van der Waals surface area contributed by atoms with Crippen LogP contribution in [0, 0.1) is 11.6 Å². The molecule has 0 bridgehead atoms. The molecule has 0 N–H and O–H groups in total. The molecule has 16 heavy (non-hydrogen) atoms. The summed E-state index contributed by atoms with van der Waals surface area (Å²) in [5, 5.41) is 0. The minimum atomic E-state index is -0.485. The number of hydrogen-bond donors (Lipinski definition) is 0. The molecule has 0 aromatic heterocycles. The molecule has 1 aromatic carbocycles. The van der Waals surface area contributed by atoms with Crippen molar-refractivity contribution in [3.63, 3.8) is 0 Å². The van der Waals surface area contributed by atoms with Gasteiger partial charge in [-0.15, -0.1) is 11.6 Å². The van der Waals surface area contributed by atoms with Gasteiger partial charge < -0.3 is 0 Å². The molecule has 3 heteroatoms. The smallest absolute Gasteiger partial charge is 0.129 e. The SMILES string of the molecule is C/C(=C\Cc1c(F)cccc1F)CCCCl. The van der Waals surface area contributed by atoms with Gasteiger partial charge >= 0.3 is 0 Å². The van der Waals surface area contributed by atoms with Crippen molar-refractivity contribution in [1.29, 1.82) is 0 Å². The molecule has 0 fully saturated rings. The third-order valence-electron chi connectivity index (χ3n) is 2.42. The Morgan fingerprint density at radius 1 is 1.31 bits per heavy atom. The van der Waals surface area contributed by atoms with E-state index >= 15 is 0 Å². The summed E-state index contributed by atoms with van der Waals surface area (Å²) < 4.78 is 26.5. The van der Waals surface area contributed by atoms with Gasteiger partial charge in [0.1, 0.15) is 11.6 Å². The Kier molecular flexibility index (Phi) is 5.47. The van der Waals surface area contributed by atoms with E-state index in [1.54, 1.807) is 0 Å². The lowest BCUT2D eigenvalue weighted by atomic mass is 10.1. The first-order valence-corrected chi connectivity index (χ1v) is 5.83. The van der Waals surface area contributed by atoms with Crippen molar-refractivity contribution in [2.24, 2.45) is 0 Å². The van der Waals surface area contributed by atoms with E-state index in [-0.39, 0.29) is 5.56 Å². The Hall–Kier alpha value is -0.890. The molecule has 1 rings (SSSR count). The molecule has 0 aliphatic heterocycles. The zero-order valence-electron chi connectivity index (χ0n) is 9.27. The number of halogens is 3. The summed E-state index contributed by atoms with van der Waals surface area (Å²) >= 11 is 5.57. The largest absolute Gasteiger partial charge is 0.207 e. The maximum absolute atomic E-state index is 13.3. The number of rotatable bonds is 5. The Bertz CT molecular complexity index is 352. The normalized spacial score (nSPS) is 11.9. The van der Waals surface area contributed by atoms with E-state index in [4.69, 9.17) is 11.6 Å². The van der Waals surface area contributed by atoms with Crippen LogP contribution in [0.3, 0.4) is 0 Å². The summed E-state index contributed by atoms with van der Waals surface area (Å²) in [6.07, 6.45) is 3.92. The van der Waals surface area contributed by atoms with Crippen LogP contribution < -0.4 is 0 Å². The van der Waals surface area contributed by atoms with Gasteiger partial charge in [0.2, 0.25) is 0 Å². The number of allylic oxidation sites excluding steroid dienone is 2. The van der Waals surface area contributed by atoms with E-state index in [1.165, 1.54) is 18.2 Å². The van der Waals surface area contributed by atoms with E-state index < -0.39 is 11.6 Å². The van der Waals surface area contributed by atoms with Gasteiger partial charge in [0, 0.05) is 11.4 Å². The van der Waals surface area contributed by atoms with Gasteiger partial charge in [-0.1, -0.05) is 17.7 Å². The Morgan fingerprint density at radius 2 is 1.94 bits per heavy atom. The molecule has 88 valence electrons. The first kappa shape index (κ1) is 13.2. The van der Waals surface area contributed by atoms with Crippen LogP contribution in [0.15, 0.2) is 29.8 Å². The molecule has 0 atom stereocenters. The molecule has 0 radical (unpaired) electrons. The van der Waals surface area contributed by atoms with Crippen LogP contribution in [0.1, 0.15) is 25.3 Å². The molecule has 0 heterocycles. The average molecular weight is 245 g/mol. The molecule has 0 saturated heterocycles. The van der Waals surface area contributed by atoms with Crippen molar-refractivity contribution in [3.8, 4) is 0 Å². The zero-order chi connectivity index (χ0) is 12.0. The highest BCUT2D eigenvalue weighted by Crippen LogP contribution is 2.15. The van der Waals surface area contributed by atoms with Gasteiger partial charge in [-0.25, -0.2) is 8.78 Å². The van der Waals surface area contributed by atoms with Gasteiger partial charge in [0.15, 0.2) is 0 Å². The van der Waals surface area contributed by atoms with E-state index in [9.17, 15) is 8.78 Å². The summed E-state index contributed by atoms with van der Waals surface area (Å²) in [5.74, 6) is -0.359. The van der Waals surface area contributed by atoms with Crippen molar-refractivity contribution < 1.29 is 8.78 Å². The predicted molar refractivity (Wildman–Crippen MR) is 63.8 cm³/mol. The second-order valence-corrected chi connectivity index (χ2v) is 4.13. The Labute approximate surface area is 99.9 Å². The molecule has 0 unspecified atom stereocenters. The van der Waals surface area contributed by atoms with Gasteiger partial charge in [-0.05, 0) is 38.3 Å². The molecule has 0 aliphatic carbocycles. The lowest BCUT2D eigenvalue weighted by Gasteiger charge is -2.03. The highest BCUT2D eigenvalue weighted by Gasteiger charge is 2.06. The fraction of sp³-hybridized carbons (Fsp3) is 0.385. The summed E-state index contributed by atoms with van der Waals surface area (Å²) in [5.41, 5.74) is 1.25. The van der Waals surface area contributed by atoms with E-state index in [1.807, 2.05) is 13.0 Å². The van der Waals surface area contributed by atoms with Crippen LogP contribution in [-0.4, -0.2) is 5.88 Å². The zero-order valence-corrected chi connectivity index (χ0v) is 10.0. The van der Waals surface area contributed by atoms with E-state index in [2.05, 4.69) is 0 Å². The fourth-order valence-electron chi connectivity index (χ4n) is 1.45. The quantitative estimate of drug-likeness (QED) is 0.530. The molecule has 0 spiro atoms. The molecular weight excluding hydrogens is 230 g/mol. The second kappa shape index (κ2) is 6.64. The predicted octanol–water partition coefficient (Wildman–Crippen LogP) is 4.47. The standard InChI is InChI=1S/C13H15ClF2/c1-10(4-3-9-14)7-8-11-12(15)5-2-6-13(11)16/h2,5-7H,3-4,8-9H2,1H3/b10-7+. The fourth-order valence-corrected chi connectivity index (χ4v) is 1.58. The molecule has 0 aliphatic rings. The van der Waals surface area contributed by atoms with E-state index in [0.717, 1.165) is 18.4 Å². The van der Waals surface area contributed by atoms with Crippen molar-refractivity contribution in [2.75, 3.05) is 5.88 Å². The minimum Gasteiger partial charge on any atom is -0.207 e. The second-order valence-electron chi connectivity index (χ2n) is 3.75. The van der Waals surface area contributed by atoms with Gasteiger partial charge in [-0.3, -0.25) is 0 Å². The maximum Gasteiger partial charge on any atom is 0.129 e. The van der Waals surface area contributed by atoms with Crippen molar-refractivity contribution >= 4 is 11.6 Å². The van der Waals surface area contributed by atoms with Crippen molar-refractivity contribution in [3.05, 3.63) is 47.0 Å². The number of benzene rings is 1. The third-order valence-corrected chi connectivity index (χ3v) is 2.69. The summed E-state index contributed by atoms with van der Waals surface area (Å²) in [7, 11) is 0. The first-order valence-electron chi connectivity index (χ1n) is 5.29. The molecule has 0 nitrogen and oxygen atoms in total. The number of alkyl halides is 1. The van der Waals surface area contributed by atoms with Gasteiger partial charge in [0.25, 0.3) is 0 Å². The van der Waals surface area contributed by atoms with Crippen molar-refractivity contribution in [1.82, 2.24) is 0 Å². The number of hydrogen-bond acceptors (Lipinski definition) is 0. The van der Waals surface area contributed by atoms with Crippen LogP contribution >= 0.6 is 11.6 Å². The summed E-state index contributed by atoms with van der Waals surface area (Å²) in [6.45, 7) is 1.95. The van der Waals surface area contributed by atoms with E-state index in [0.29, 0.717) is 12.3 Å². The highest BCUT2D eigenvalue weighted by atomic mass is 35.5. The van der Waals surface area contributed by atoms with Crippen LogP contribution in [0.5, 0.6) is 0 Å². The molecule has 0 saturated carbocycles. The minimum absolute atomic E-state index is 0.132. The third kappa shape index (κ3) is 3.93. The average Bonchev–Trinajstić information content (AvgIpc) is 2.25. The van der Waals surface area contributed by atoms with Crippen LogP contribution in [0.2, 0.25) is 0 Å². The van der Waals surface area contributed by atoms with Gasteiger partial charge in [0.05, 0.1) is 0 Å². The Balaban J connectivity index is 2.66. The van der Waals surface area contributed by atoms with Crippen LogP contribution in [-0.2, 0) is 6.42 Å². The molecular formula is C13H15ClF2. The molecule has 0 amide bonds. The van der Waals surface area contributed by atoms with Crippen molar-refractivity contribution in [2.45, 2.75) is 26.2 Å².